The molecule has 0 heterocycles. The molecule has 0 bridgehead atoms. The van der Waals surface area contributed by atoms with Gasteiger partial charge in [0.15, 0.2) is 5.74 Å². The molecule has 134 valence electrons. The van der Waals surface area contributed by atoms with E-state index in [2.05, 4.69) is 72.8 Å². The Morgan fingerprint density at radius 3 is 1.00 bits per heavy atom. The molecule has 5 heteroatoms. The van der Waals surface area contributed by atoms with E-state index in [1.807, 2.05) is 18.2 Å². The van der Waals surface area contributed by atoms with Gasteiger partial charge < -0.3 is 13.3 Å². The van der Waals surface area contributed by atoms with Gasteiger partial charge in [-0.1, -0.05) is 91.0 Å². The summed E-state index contributed by atoms with van der Waals surface area (Å²) in [6.07, 6.45) is 0. The van der Waals surface area contributed by atoms with Gasteiger partial charge in [-0.2, -0.15) is 16.4 Å². The zero-order chi connectivity index (χ0) is 18.5. The molecule has 3 nitrogen and oxygen atoms in total. The summed E-state index contributed by atoms with van der Waals surface area (Å²) in [5, 5.41) is 0. The number of rotatable bonds is 7. The van der Waals surface area contributed by atoms with E-state index in [0.717, 1.165) is 16.4 Å². The lowest BCUT2D eigenvalue weighted by molar-refractivity contribution is 0.147. The van der Waals surface area contributed by atoms with Crippen LogP contribution in [0.1, 0.15) is 0 Å². The lowest BCUT2D eigenvalue weighted by Gasteiger charge is -2.52. The van der Waals surface area contributed by atoms with Crippen LogP contribution >= 0.6 is 0 Å². The van der Waals surface area contributed by atoms with Gasteiger partial charge in [-0.05, 0) is 0 Å². The second-order valence-electron chi connectivity index (χ2n) is 6.31. The summed E-state index contributed by atoms with van der Waals surface area (Å²) in [5.74, 6) is 0. The number of hydrogen-bond acceptors (Lipinski definition) is 3. The Bertz CT molecular complexity index is 704. The first kappa shape index (κ1) is 18.6. The van der Waals surface area contributed by atoms with E-state index in [1.165, 1.54) is 0 Å². The second-order valence-corrected chi connectivity index (χ2v) is 9.61. The average Bonchev–Trinajstić information content (AvgIpc) is 2.74. The first-order valence-corrected chi connectivity index (χ1v) is 10.5. The third-order valence-electron chi connectivity index (χ3n) is 5.28. The van der Waals surface area contributed by atoms with Crippen molar-refractivity contribution in [1.82, 2.24) is 0 Å². The van der Waals surface area contributed by atoms with Crippen molar-refractivity contribution in [1.29, 1.82) is 0 Å². The Morgan fingerprint density at radius 2 is 0.769 bits per heavy atom. The molecule has 3 aromatic rings. The van der Waals surface area contributed by atoms with Gasteiger partial charge in [0.05, 0.1) is 0 Å². The Kier molecular flexibility index (Phi) is 5.74. The van der Waals surface area contributed by atoms with Gasteiger partial charge in [-0.15, -0.1) is 0 Å². The third kappa shape index (κ3) is 2.83. The molecule has 0 saturated carbocycles. The molecule has 0 aliphatic carbocycles. The highest BCUT2D eigenvalue weighted by atomic mass is 28.4. The number of benzene rings is 3. The van der Waals surface area contributed by atoms with Gasteiger partial charge in [0.2, 0.25) is 0 Å². The van der Waals surface area contributed by atoms with Crippen LogP contribution in [0.2, 0.25) is 0 Å². The van der Waals surface area contributed by atoms with Gasteiger partial charge in [0.25, 0.3) is 0 Å². The van der Waals surface area contributed by atoms with Crippen LogP contribution in [0.4, 0.5) is 0 Å². The second kappa shape index (κ2) is 8.02. The molecule has 0 aromatic heterocycles. The Balaban J connectivity index is 2.47. The van der Waals surface area contributed by atoms with Crippen LogP contribution in [0, 0.1) is 0 Å². The summed E-state index contributed by atoms with van der Waals surface area (Å²) in [6, 6.07) is 31.2. The fourth-order valence-electron chi connectivity index (χ4n) is 4.20. The van der Waals surface area contributed by atoms with E-state index < -0.39 is 14.4 Å². The number of hydrogen-bond donors (Lipinski definition) is 0. The Hall–Kier alpha value is -2.18. The molecule has 0 amide bonds. The molecule has 0 radical (unpaired) electrons. The maximum Gasteiger partial charge on any atom is 0.317 e. The fourth-order valence-corrected chi connectivity index (χ4v) is 7.56. The van der Waals surface area contributed by atoms with Crippen LogP contribution in [0.5, 0.6) is 0 Å². The highest BCUT2D eigenvalue weighted by Gasteiger charge is 2.54. The van der Waals surface area contributed by atoms with Crippen molar-refractivity contribution in [3.63, 3.8) is 0 Å². The van der Waals surface area contributed by atoms with E-state index in [1.54, 1.807) is 21.3 Å². The average molecular weight is 363 g/mol. The first-order chi connectivity index (χ1) is 12.7. The Labute approximate surface area is 156 Å². The van der Waals surface area contributed by atoms with Crippen molar-refractivity contribution < 1.29 is 13.3 Å². The van der Waals surface area contributed by atoms with Crippen LogP contribution in [0.25, 0.3) is 0 Å². The molecular formula is C21H24BO3Si-. The quantitative estimate of drug-likeness (QED) is 0.602. The molecule has 0 spiro atoms. The normalized spacial score (nSPS) is 12.1. The third-order valence-corrected chi connectivity index (χ3v) is 9.05. The molecule has 3 rings (SSSR count). The minimum atomic E-state index is -3.16. The lowest BCUT2D eigenvalue weighted by Crippen LogP contribution is -2.85. The van der Waals surface area contributed by atoms with Crippen molar-refractivity contribution in [2.75, 3.05) is 21.3 Å². The predicted octanol–water partition coefficient (Wildman–Crippen LogP) is 2.11. The molecule has 0 aliphatic heterocycles. The minimum absolute atomic E-state index is 1.14. The van der Waals surface area contributed by atoms with Crippen molar-refractivity contribution in [2.45, 2.75) is 0 Å². The van der Waals surface area contributed by atoms with Crippen molar-refractivity contribution >= 4 is 30.8 Å². The summed E-state index contributed by atoms with van der Waals surface area (Å²) in [6.45, 7) is 0. The van der Waals surface area contributed by atoms with E-state index in [9.17, 15) is 0 Å². The van der Waals surface area contributed by atoms with E-state index in [0.29, 0.717) is 0 Å². The van der Waals surface area contributed by atoms with Crippen LogP contribution in [0.15, 0.2) is 91.0 Å². The van der Waals surface area contributed by atoms with Gasteiger partial charge in [-0.3, -0.25) is 0 Å². The molecule has 0 fully saturated rings. The maximum atomic E-state index is 6.09. The van der Waals surface area contributed by atoms with Gasteiger partial charge >= 0.3 is 8.67 Å². The Morgan fingerprint density at radius 1 is 0.500 bits per heavy atom. The molecule has 0 atom stereocenters. The van der Waals surface area contributed by atoms with E-state index in [4.69, 9.17) is 13.3 Å². The smallest absolute Gasteiger partial charge is 0.317 e. The van der Waals surface area contributed by atoms with E-state index >= 15 is 0 Å². The van der Waals surface area contributed by atoms with Crippen LogP contribution in [0.3, 0.4) is 0 Å². The summed E-state index contributed by atoms with van der Waals surface area (Å²) < 4.78 is 18.3. The highest BCUT2D eigenvalue weighted by molar-refractivity contribution is 7.51. The van der Waals surface area contributed by atoms with E-state index in [-0.39, 0.29) is 0 Å². The molecule has 0 unspecified atom stereocenters. The summed E-state index contributed by atoms with van der Waals surface area (Å²) in [5.41, 5.74) is 1.82. The monoisotopic (exact) mass is 363 g/mol. The van der Waals surface area contributed by atoms with Crippen molar-refractivity contribution in [3.8, 4) is 0 Å². The van der Waals surface area contributed by atoms with Crippen molar-refractivity contribution in [3.05, 3.63) is 91.0 Å². The topological polar surface area (TPSA) is 27.7 Å². The highest BCUT2D eigenvalue weighted by Crippen LogP contribution is 2.22. The fraction of sp³-hybridized carbons (Fsp3) is 0.143. The molecular weight excluding hydrogens is 339 g/mol. The maximum absolute atomic E-state index is 6.09. The SMILES string of the molecule is CO[Si](OC)(OC)[B-](c1ccccc1)(c1ccccc1)c1ccccc1. The molecule has 0 N–H and O–H groups in total. The summed E-state index contributed by atoms with van der Waals surface area (Å²) in [7, 11) is 1.90. The summed E-state index contributed by atoms with van der Waals surface area (Å²) >= 11 is 0. The van der Waals surface area contributed by atoms with Gasteiger partial charge in [0, 0.05) is 21.3 Å². The van der Waals surface area contributed by atoms with Gasteiger partial charge in [-0.25, -0.2) is 0 Å². The molecule has 0 aliphatic rings. The van der Waals surface area contributed by atoms with Crippen molar-refractivity contribution in [2.24, 2.45) is 0 Å². The molecule has 26 heavy (non-hydrogen) atoms. The standard InChI is InChI=1S/C21H24BO3Si/c1-23-26(24-2,25-3)22(19-13-7-4-8-14-19,20-15-9-5-10-16-20)21-17-11-6-12-18-21/h4-18H,1-3H3/q-1. The zero-order valence-electron chi connectivity index (χ0n) is 15.5. The largest absolute Gasteiger partial charge is 0.401 e. The first-order valence-electron chi connectivity index (χ1n) is 8.72. The molecule has 0 saturated heterocycles. The van der Waals surface area contributed by atoms with Crippen LogP contribution in [-0.4, -0.2) is 35.7 Å². The summed E-state index contributed by atoms with van der Waals surface area (Å²) in [4.78, 5) is 0. The predicted molar refractivity (Wildman–Crippen MR) is 111 cm³/mol. The zero-order valence-corrected chi connectivity index (χ0v) is 16.5. The molecule has 3 aromatic carbocycles. The van der Waals surface area contributed by atoms with Crippen LogP contribution < -0.4 is 16.4 Å². The minimum Gasteiger partial charge on any atom is -0.401 e. The van der Waals surface area contributed by atoms with Crippen LogP contribution in [-0.2, 0) is 13.3 Å². The lowest BCUT2D eigenvalue weighted by atomic mass is 9.34. The van der Waals surface area contributed by atoms with Gasteiger partial charge in [0.1, 0.15) is 0 Å².